The Morgan fingerprint density at radius 1 is 1.04 bits per heavy atom. The molecule has 144 valence electrons. The second-order valence-corrected chi connectivity index (χ2v) is 8.02. The van der Waals surface area contributed by atoms with Crippen molar-refractivity contribution in [2.45, 2.75) is 29.8 Å². The number of sulfone groups is 1. The second kappa shape index (κ2) is 7.22. The summed E-state index contributed by atoms with van der Waals surface area (Å²) in [5.74, 6) is 0.0622. The summed E-state index contributed by atoms with van der Waals surface area (Å²) in [5, 5.41) is 2.75. The first-order chi connectivity index (χ1) is 12.7. The number of hydrogen-bond acceptors (Lipinski definition) is 4. The van der Waals surface area contributed by atoms with E-state index in [1.165, 1.54) is 18.2 Å². The van der Waals surface area contributed by atoms with Gasteiger partial charge in [0.05, 0.1) is 10.6 Å². The van der Waals surface area contributed by atoms with E-state index in [1.54, 1.807) is 29.2 Å². The van der Waals surface area contributed by atoms with Crippen molar-refractivity contribution >= 4 is 27.1 Å². The fourth-order valence-electron chi connectivity index (χ4n) is 2.88. The van der Waals surface area contributed by atoms with Crippen LogP contribution in [0.4, 0.5) is 24.5 Å². The molecule has 0 aromatic heterocycles. The molecule has 0 bridgehead atoms. The minimum atomic E-state index is -5.44. The Kier molecular flexibility index (Phi) is 5.14. The van der Waals surface area contributed by atoms with Crippen LogP contribution in [0.5, 0.6) is 0 Å². The van der Waals surface area contributed by atoms with Crippen molar-refractivity contribution in [3.8, 4) is 0 Å². The highest BCUT2D eigenvalue weighted by molar-refractivity contribution is 7.92. The Hall–Kier alpha value is -2.55. The molecule has 2 aromatic rings. The molecule has 1 heterocycles. The maximum absolute atomic E-state index is 12.8. The van der Waals surface area contributed by atoms with Crippen LogP contribution in [0, 0.1) is 0 Å². The molecule has 0 unspecified atom stereocenters. The fraction of sp³-hybridized carbons (Fsp3) is 0.278. The third-order valence-corrected chi connectivity index (χ3v) is 5.83. The molecule has 0 atom stereocenters. The first-order valence-electron chi connectivity index (χ1n) is 8.24. The number of nitrogens with zero attached hydrogens (tertiary/aromatic N) is 1. The van der Waals surface area contributed by atoms with E-state index >= 15 is 0 Å². The lowest BCUT2D eigenvalue weighted by molar-refractivity contribution is -0.117. The van der Waals surface area contributed by atoms with Crippen molar-refractivity contribution in [3.63, 3.8) is 0 Å². The van der Waals surface area contributed by atoms with Gasteiger partial charge >= 0.3 is 5.51 Å². The van der Waals surface area contributed by atoms with Gasteiger partial charge in [-0.3, -0.25) is 4.79 Å². The second-order valence-electron chi connectivity index (χ2n) is 6.11. The quantitative estimate of drug-likeness (QED) is 0.834. The van der Waals surface area contributed by atoms with E-state index in [4.69, 9.17) is 0 Å². The van der Waals surface area contributed by atoms with Crippen LogP contribution >= 0.6 is 0 Å². The van der Waals surface area contributed by atoms with Gasteiger partial charge in [0.1, 0.15) is 0 Å². The maximum atomic E-state index is 12.8. The molecule has 5 nitrogen and oxygen atoms in total. The first-order valence-corrected chi connectivity index (χ1v) is 9.72. The largest absolute Gasteiger partial charge is 0.501 e. The van der Waals surface area contributed by atoms with Crippen molar-refractivity contribution in [2.24, 2.45) is 0 Å². The minimum absolute atomic E-state index is 0.0622. The van der Waals surface area contributed by atoms with Crippen LogP contribution in [0.3, 0.4) is 0 Å². The average molecular weight is 398 g/mol. The van der Waals surface area contributed by atoms with E-state index in [0.29, 0.717) is 13.0 Å². The summed E-state index contributed by atoms with van der Waals surface area (Å²) < 4.78 is 61.9. The van der Waals surface area contributed by atoms with E-state index < -0.39 is 20.2 Å². The molecule has 3 rings (SSSR count). The van der Waals surface area contributed by atoms with Crippen molar-refractivity contribution in [1.82, 2.24) is 0 Å². The van der Waals surface area contributed by atoms with E-state index in [1.807, 2.05) is 0 Å². The Bertz CT molecular complexity index is 941. The number of alkyl halides is 3. The fourth-order valence-corrected chi connectivity index (χ4v) is 3.82. The highest BCUT2D eigenvalue weighted by Crippen LogP contribution is 2.34. The molecule has 1 aliphatic rings. The summed E-state index contributed by atoms with van der Waals surface area (Å²) in [7, 11) is -5.44. The number of carbonyl (C=O) groups excluding carboxylic acids is 1. The van der Waals surface area contributed by atoms with Crippen LogP contribution < -0.4 is 10.2 Å². The first kappa shape index (κ1) is 19.2. The molecule has 27 heavy (non-hydrogen) atoms. The highest BCUT2D eigenvalue weighted by Gasteiger charge is 2.47. The molecule has 2 aromatic carbocycles. The third-order valence-electron chi connectivity index (χ3n) is 4.29. The summed E-state index contributed by atoms with van der Waals surface area (Å²) in [6.45, 7) is 0.803. The van der Waals surface area contributed by atoms with Crippen LogP contribution in [0.15, 0.2) is 53.4 Å². The number of nitrogens with one attached hydrogen (secondary N) is 1. The van der Waals surface area contributed by atoms with E-state index in [-0.39, 0.29) is 18.1 Å². The van der Waals surface area contributed by atoms with Gasteiger partial charge < -0.3 is 10.2 Å². The number of halogens is 3. The van der Waals surface area contributed by atoms with Gasteiger partial charge in [-0.05, 0) is 36.2 Å². The average Bonchev–Trinajstić information content (AvgIpc) is 3.05. The monoisotopic (exact) mass is 398 g/mol. The molecule has 1 saturated heterocycles. The summed E-state index contributed by atoms with van der Waals surface area (Å²) >= 11 is 0. The standard InChI is InChI=1S/C18H17F3N2O3S/c19-18(20,21)27(25,26)16-5-2-1-4-15(16)22-12-13-7-9-14(10-8-13)23-11-3-6-17(23)24/h1-2,4-5,7-10,22H,3,6,11-12H2. The van der Waals surface area contributed by atoms with Crippen molar-refractivity contribution < 1.29 is 26.4 Å². The zero-order valence-corrected chi connectivity index (χ0v) is 15.0. The molecule has 1 fully saturated rings. The smallest absolute Gasteiger partial charge is 0.380 e. The molecule has 1 aliphatic heterocycles. The van der Waals surface area contributed by atoms with Gasteiger partial charge in [0.2, 0.25) is 5.91 Å². The Morgan fingerprint density at radius 3 is 2.30 bits per heavy atom. The van der Waals surface area contributed by atoms with Crippen LogP contribution in [0.25, 0.3) is 0 Å². The van der Waals surface area contributed by atoms with Gasteiger partial charge in [0.25, 0.3) is 9.84 Å². The van der Waals surface area contributed by atoms with Crippen molar-refractivity contribution in [1.29, 1.82) is 0 Å². The van der Waals surface area contributed by atoms with Gasteiger partial charge in [-0.25, -0.2) is 8.42 Å². The lowest BCUT2D eigenvalue weighted by Gasteiger charge is -2.17. The molecule has 9 heteroatoms. The van der Waals surface area contributed by atoms with E-state index in [9.17, 15) is 26.4 Å². The van der Waals surface area contributed by atoms with Gasteiger partial charge in [-0.15, -0.1) is 0 Å². The number of para-hydroxylation sites is 1. The maximum Gasteiger partial charge on any atom is 0.501 e. The van der Waals surface area contributed by atoms with Gasteiger partial charge in [-0.1, -0.05) is 24.3 Å². The van der Waals surface area contributed by atoms with Gasteiger partial charge in [0, 0.05) is 25.2 Å². The Labute approximate surface area is 154 Å². The zero-order chi connectivity index (χ0) is 19.7. The number of hydrogen-bond donors (Lipinski definition) is 1. The summed E-state index contributed by atoms with van der Waals surface area (Å²) in [6, 6.07) is 11.9. The van der Waals surface area contributed by atoms with E-state index in [2.05, 4.69) is 5.32 Å². The third kappa shape index (κ3) is 3.92. The topological polar surface area (TPSA) is 66.5 Å². The lowest BCUT2D eigenvalue weighted by Crippen LogP contribution is -2.24. The summed E-state index contributed by atoms with van der Waals surface area (Å²) in [6.07, 6.45) is 1.33. The normalized spacial score (nSPS) is 15.2. The molecular weight excluding hydrogens is 381 g/mol. The molecule has 1 N–H and O–H groups in total. The predicted octanol–water partition coefficient (Wildman–Crippen LogP) is 3.72. The zero-order valence-electron chi connectivity index (χ0n) is 14.2. The molecule has 0 aliphatic carbocycles. The van der Waals surface area contributed by atoms with Gasteiger partial charge in [-0.2, -0.15) is 13.2 Å². The number of carbonyl (C=O) groups is 1. The summed E-state index contributed by atoms with van der Waals surface area (Å²) in [5.41, 5.74) is -3.98. The molecule has 1 amide bonds. The van der Waals surface area contributed by atoms with Crippen molar-refractivity contribution in [3.05, 3.63) is 54.1 Å². The highest BCUT2D eigenvalue weighted by atomic mass is 32.2. The Morgan fingerprint density at radius 2 is 1.70 bits per heavy atom. The van der Waals surface area contributed by atoms with Crippen molar-refractivity contribution in [2.75, 3.05) is 16.8 Å². The van der Waals surface area contributed by atoms with Crippen LogP contribution in [0.1, 0.15) is 18.4 Å². The van der Waals surface area contributed by atoms with Gasteiger partial charge in [0.15, 0.2) is 0 Å². The number of anilines is 2. The number of amides is 1. The summed E-state index contributed by atoms with van der Waals surface area (Å²) in [4.78, 5) is 12.6. The SMILES string of the molecule is O=C1CCCN1c1ccc(CNc2ccccc2S(=O)(=O)C(F)(F)F)cc1. The van der Waals surface area contributed by atoms with Crippen LogP contribution in [0.2, 0.25) is 0 Å². The molecule has 0 radical (unpaired) electrons. The predicted molar refractivity (Wildman–Crippen MR) is 95.0 cm³/mol. The van der Waals surface area contributed by atoms with Crippen LogP contribution in [-0.2, 0) is 21.2 Å². The van der Waals surface area contributed by atoms with E-state index in [0.717, 1.165) is 23.7 Å². The number of benzene rings is 2. The Balaban J connectivity index is 1.75. The molecule has 0 saturated carbocycles. The molecule has 0 spiro atoms. The lowest BCUT2D eigenvalue weighted by atomic mass is 10.2. The minimum Gasteiger partial charge on any atom is -0.380 e. The van der Waals surface area contributed by atoms with Crippen LogP contribution in [-0.4, -0.2) is 26.4 Å². The number of rotatable bonds is 5. The molecular formula is C18H17F3N2O3S.